The Hall–Kier alpha value is -4.46. The van der Waals surface area contributed by atoms with Crippen molar-refractivity contribution in [3.63, 3.8) is 0 Å². The van der Waals surface area contributed by atoms with E-state index in [9.17, 15) is 9.90 Å². The number of piperazine rings is 1. The molecule has 2 aliphatic heterocycles. The van der Waals surface area contributed by atoms with Gasteiger partial charge in [0.15, 0.2) is 0 Å². The van der Waals surface area contributed by atoms with Gasteiger partial charge >= 0.3 is 5.97 Å². The Labute approximate surface area is 232 Å². The predicted molar refractivity (Wildman–Crippen MR) is 148 cm³/mol. The second-order valence-corrected chi connectivity index (χ2v) is 10.1. The number of carboxylic acids is 1. The Morgan fingerprint density at radius 2 is 1.98 bits per heavy atom. The number of rotatable bonds is 9. The molecule has 1 N–H and O–H groups in total. The van der Waals surface area contributed by atoms with Crippen molar-refractivity contribution in [2.45, 2.75) is 32.2 Å². The molecule has 2 aromatic heterocycles. The Balaban J connectivity index is 1.10. The number of aromatic carboxylic acids is 1. The molecule has 0 spiro atoms. The molecule has 4 heterocycles. The molecular weight excluding hydrogens is 508 g/mol. The van der Waals surface area contributed by atoms with Gasteiger partial charge in [0.05, 0.1) is 47.0 Å². The van der Waals surface area contributed by atoms with Crippen LogP contribution in [0.5, 0.6) is 5.75 Å². The van der Waals surface area contributed by atoms with Gasteiger partial charge in [0.1, 0.15) is 24.3 Å². The topological polar surface area (TPSA) is 117 Å². The fraction of sp³-hybridized carbons (Fsp3) is 0.333. The van der Waals surface area contributed by atoms with Crippen molar-refractivity contribution >= 4 is 22.7 Å². The number of nitrogens with zero attached hydrogens (tertiary/aromatic N) is 6. The molecule has 4 aromatic rings. The Morgan fingerprint density at radius 3 is 2.67 bits per heavy atom. The normalized spacial score (nSPS) is 17.4. The molecule has 2 saturated heterocycles. The summed E-state index contributed by atoms with van der Waals surface area (Å²) in [7, 11) is 0. The van der Waals surface area contributed by atoms with Crippen LogP contribution in [0.1, 0.15) is 33.9 Å². The van der Waals surface area contributed by atoms with Crippen LogP contribution in [-0.2, 0) is 24.4 Å². The lowest BCUT2D eigenvalue weighted by atomic mass is 10.1. The molecule has 2 aliphatic rings. The van der Waals surface area contributed by atoms with E-state index in [4.69, 9.17) is 19.7 Å². The maximum absolute atomic E-state index is 11.6. The molecule has 0 amide bonds. The highest BCUT2D eigenvalue weighted by Gasteiger charge is 2.25. The average Bonchev–Trinajstić information content (AvgIpc) is 3.30. The summed E-state index contributed by atoms with van der Waals surface area (Å²) in [4.78, 5) is 25.5. The van der Waals surface area contributed by atoms with Crippen molar-refractivity contribution < 1.29 is 19.4 Å². The number of benzene rings is 2. The molecule has 40 heavy (non-hydrogen) atoms. The van der Waals surface area contributed by atoms with Crippen LogP contribution < -0.4 is 9.64 Å². The first kappa shape index (κ1) is 25.8. The highest BCUT2D eigenvalue weighted by atomic mass is 16.5. The van der Waals surface area contributed by atoms with Crippen LogP contribution in [0.2, 0.25) is 0 Å². The van der Waals surface area contributed by atoms with E-state index in [1.165, 1.54) is 0 Å². The first-order valence-corrected chi connectivity index (χ1v) is 13.4. The van der Waals surface area contributed by atoms with Gasteiger partial charge in [0.2, 0.25) is 0 Å². The number of imidazole rings is 1. The highest BCUT2D eigenvalue weighted by Crippen LogP contribution is 2.26. The number of hydrogen-bond donors (Lipinski definition) is 1. The van der Waals surface area contributed by atoms with Crippen molar-refractivity contribution in [3.8, 4) is 11.8 Å². The Bertz CT molecular complexity index is 1550. The van der Waals surface area contributed by atoms with E-state index in [0.717, 1.165) is 73.2 Å². The number of anilines is 1. The van der Waals surface area contributed by atoms with E-state index in [1.807, 2.05) is 12.1 Å². The number of pyridine rings is 1. The lowest BCUT2D eigenvalue weighted by molar-refractivity contribution is -0.0592. The number of nitriles is 1. The third-order valence-corrected chi connectivity index (χ3v) is 7.51. The summed E-state index contributed by atoms with van der Waals surface area (Å²) in [5.41, 5.74) is 4.33. The van der Waals surface area contributed by atoms with Crippen molar-refractivity contribution in [2.75, 3.05) is 37.7 Å². The van der Waals surface area contributed by atoms with Crippen LogP contribution in [0.25, 0.3) is 11.0 Å². The summed E-state index contributed by atoms with van der Waals surface area (Å²) in [6.45, 7) is 5.98. The molecule has 1 atom stereocenters. The summed E-state index contributed by atoms with van der Waals surface area (Å²) in [6, 6.07) is 18.8. The fourth-order valence-corrected chi connectivity index (χ4v) is 5.13. The van der Waals surface area contributed by atoms with Gasteiger partial charge < -0.3 is 24.0 Å². The van der Waals surface area contributed by atoms with Crippen LogP contribution in [0, 0.1) is 11.3 Å². The second kappa shape index (κ2) is 11.3. The monoisotopic (exact) mass is 538 g/mol. The summed E-state index contributed by atoms with van der Waals surface area (Å²) in [6.07, 6.45) is 2.70. The van der Waals surface area contributed by atoms with Crippen LogP contribution in [0.3, 0.4) is 0 Å². The maximum atomic E-state index is 11.6. The van der Waals surface area contributed by atoms with Crippen LogP contribution >= 0.6 is 0 Å². The van der Waals surface area contributed by atoms with Crippen LogP contribution in [-0.4, -0.2) is 69.4 Å². The largest absolute Gasteiger partial charge is 0.487 e. The maximum Gasteiger partial charge on any atom is 0.335 e. The van der Waals surface area contributed by atoms with Crippen molar-refractivity contribution in [1.29, 1.82) is 5.26 Å². The third kappa shape index (κ3) is 5.61. The molecule has 204 valence electrons. The van der Waals surface area contributed by atoms with Crippen molar-refractivity contribution in [1.82, 2.24) is 19.4 Å². The summed E-state index contributed by atoms with van der Waals surface area (Å²) in [5.74, 6) is 0.777. The van der Waals surface area contributed by atoms with Crippen molar-refractivity contribution in [3.05, 3.63) is 83.4 Å². The van der Waals surface area contributed by atoms with E-state index in [-0.39, 0.29) is 11.7 Å². The zero-order chi connectivity index (χ0) is 27.5. The minimum Gasteiger partial charge on any atom is -0.487 e. The van der Waals surface area contributed by atoms with E-state index in [0.29, 0.717) is 25.3 Å². The second-order valence-electron chi connectivity index (χ2n) is 10.1. The SMILES string of the molecule is N#Cc1ccc(COc2cccc(N3CCN(Cc4nc5ccc(C(=O)O)cc5n4C[C@@H]4CCO4)CC3)c2)nc1. The molecule has 0 unspecified atom stereocenters. The van der Waals surface area contributed by atoms with Gasteiger partial charge in [-0.05, 0) is 48.9 Å². The van der Waals surface area contributed by atoms with Crippen LogP contribution in [0.15, 0.2) is 60.8 Å². The lowest BCUT2D eigenvalue weighted by Gasteiger charge is -2.36. The zero-order valence-electron chi connectivity index (χ0n) is 22.1. The molecule has 0 saturated carbocycles. The first-order valence-electron chi connectivity index (χ1n) is 13.4. The minimum atomic E-state index is -0.937. The summed E-state index contributed by atoms with van der Waals surface area (Å²) < 4.78 is 13.8. The molecule has 6 rings (SSSR count). The smallest absolute Gasteiger partial charge is 0.335 e. The van der Waals surface area contributed by atoms with Crippen molar-refractivity contribution in [2.24, 2.45) is 0 Å². The first-order chi connectivity index (χ1) is 19.6. The van der Waals surface area contributed by atoms with E-state index in [2.05, 4.69) is 37.6 Å². The molecular formula is C30H30N6O4. The molecule has 10 nitrogen and oxygen atoms in total. The molecule has 0 bridgehead atoms. The standard InChI is InChI=1S/C30H30N6O4/c31-16-21-4-6-23(32-17-21)20-40-25-3-1-2-24(15-25)35-11-9-34(10-12-35)19-29-33-27-7-5-22(30(37)38)14-28(27)36(29)18-26-8-13-39-26/h1-7,14-15,17,26H,8-13,18-20H2,(H,37,38)/t26-/m0/s1. The zero-order valence-corrected chi connectivity index (χ0v) is 22.1. The predicted octanol–water partition coefficient (Wildman–Crippen LogP) is 3.69. The van der Waals surface area contributed by atoms with E-state index in [1.54, 1.807) is 36.5 Å². The van der Waals surface area contributed by atoms with Gasteiger partial charge in [-0.3, -0.25) is 9.88 Å². The highest BCUT2D eigenvalue weighted by molar-refractivity contribution is 5.92. The lowest BCUT2D eigenvalue weighted by Crippen LogP contribution is -2.46. The van der Waals surface area contributed by atoms with Gasteiger partial charge in [-0.1, -0.05) is 6.07 Å². The molecule has 0 aliphatic carbocycles. The van der Waals surface area contributed by atoms with Gasteiger partial charge in [-0.2, -0.15) is 5.26 Å². The fourth-order valence-electron chi connectivity index (χ4n) is 5.13. The van der Waals surface area contributed by atoms with Gasteiger partial charge in [0, 0.05) is 50.7 Å². The van der Waals surface area contributed by atoms with Gasteiger partial charge in [0.25, 0.3) is 0 Å². The molecule has 10 heteroatoms. The van der Waals surface area contributed by atoms with Gasteiger partial charge in [-0.15, -0.1) is 0 Å². The molecule has 2 fully saturated rings. The Morgan fingerprint density at radius 1 is 1.12 bits per heavy atom. The number of ether oxygens (including phenoxy) is 2. The van der Waals surface area contributed by atoms with Gasteiger partial charge in [-0.25, -0.2) is 9.78 Å². The van der Waals surface area contributed by atoms with Crippen LogP contribution in [0.4, 0.5) is 5.69 Å². The average molecular weight is 539 g/mol. The van der Waals surface area contributed by atoms with E-state index < -0.39 is 5.97 Å². The number of aromatic nitrogens is 3. The summed E-state index contributed by atoms with van der Waals surface area (Å²) in [5, 5.41) is 18.4. The number of fused-ring (bicyclic) bond motifs is 1. The molecule has 2 aromatic carbocycles. The quantitative estimate of drug-likeness (QED) is 0.340. The number of hydrogen-bond acceptors (Lipinski definition) is 8. The third-order valence-electron chi connectivity index (χ3n) is 7.51. The summed E-state index contributed by atoms with van der Waals surface area (Å²) >= 11 is 0. The Kier molecular flexibility index (Phi) is 7.31. The number of carboxylic acid groups (broad SMARTS) is 1. The van der Waals surface area contributed by atoms with E-state index >= 15 is 0 Å². The number of carbonyl (C=O) groups is 1. The minimum absolute atomic E-state index is 0.142. The molecule has 0 radical (unpaired) electrons.